The molecule has 0 radical (unpaired) electrons. The van der Waals surface area contributed by atoms with E-state index in [9.17, 15) is 9.59 Å². The summed E-state index contributed by atoms with van der Waals surface area (Å²) in [6.45, 7) is 6.66. The van der Waals surface area contributed by atoms with Crippen LogP contribution in [0, 0.1) is 13.8 Å². The highest BCUT2D eigenvalue weighted by Crippen LogP contribution is 2.24. The smallest absolute Gasteiger partial charge is 0.235 e. The third-order valence-corrected chi connectivity index (χ3v) is 4.74. The molecule has 0 aliphatic carbocycles. The number of rotatable bonds is 3. The summed E-state index contributed by atoms with van der Waals surface area (Å²) in [5, 5.41) is 2.01. The van der Waals surface area contributed by atoms with E-state index in [1.165, 1.54) is 43.6 Å². The van der Waals surface area contributed by atoms with Crippen LogP contribution in [0.25, 0.3) is 0 Å². The lowest BCUT2D eigenvalue weighted by atomic mass is 10.4. The molecule has 0 saturated carbocycles. The number of aromatic nitrogens is 2. The third-order valence-electron chi connectivity index (χ3n) is 2.23. The fourth-order valence-corrected chi connectivity index (χ4v) is 3.30. The molecule has 0 aliphatic rings. The predicted octanol–water partition coefficient (Wildman–Crippen LogP) is 3.97. The van der Waals surface area contributed by atoms with Crippen LogP contribution in [0.1, 0.15) is 43.2 Å². The number of thiazole rings is 2. The van der Waals surface area contributed by atoms with Crippen molar-refractivity contribution in [2.45, 2.75) is 27.7 Å². The van der Waals surface area contributed by atoms with Crippen molar-refractivity contribution in [1.29, 1.82) is 0 Å². The van der Waals surface area contributed by atoms with Crippen molar-refractivity contribution < 1.29 is 14.3 Å². The molecule has 0 fully saturated rings. The highest BCUT2D eigenvalue weighted by molar-refractivity contribution is 7.14. The van der Waals surface area contributed by atoms with Crippen LogP contribution in [-0.2, 0) is 0 Å². The van der Waals surface area contributed by atoms with Crippen LogP contribution in [-0.4, -0.2) is 28.6 Å². The molecule has 0 amide bonds. The first-order valence-corrected chi connectivity index (χ1v) is 7.93. The summed E-state index contributed by atoms with van der Waals surface area (Å²) in [4.78, 5) is 30.8. The van der Waals surface area contributed by atoms with E-state index in [-0.39, 0.29) is 11.6 Å². The summed E-state index contributed by atoms with van der Waals surface area (Å²) in [5.74, 6) is 0.433. The van der Waals surface area contributed by atoms with Gasteiger partial charge < -0.3 is 4.74 Å². The Morgan fingerprint density at radius 1 is 1.00 bits per heavy atom. The van der Waals surface area contributed by atoms with Gasteiger partial charge in [0, 0.05) is 13.8 Å². The second-order valence-corrected chi connectivity index (χ2v) is 6.80. The molecule has 0 bridgehead atoms. The molecule has 2 aromatic heterocycles. The number of nitrogens with zero attached hydrogens (tertiary/aromatic N) is 2. The highest BCUT2D eigenvalue weighted by Gasteiger charge is 2.12. The molecule has 0 saturated heterocycles. The Morgan fingerprint density at radius 3 is 1.76 bits per heavy atom. The van der Waals surface area contributed by atoms with Crippen molar-refractivity contribution in [3.63, 3.8) is 0 Å². The maximum atomic E-state index is 10.9. The average Bonchev–Trinajstić information content (AvgIpc) is 2.92. The molecule has 0 unspecified atom stereocenters. The van der Waals surface area contributed by atoms with Crippen molar-refractivity contribution in [2.75, 3.05) is 7.11 Å². The molecule has 8 heteroatoms. The Bertz CT molecular complexity index is 664. The quantitative estimate of drug-likeness (QED) is 0.786. The van der Waals surface area contributed by atoms with E-state index >= 15 is 0 Å². The van der Waals surface area contributed by atoms with E-state index < -0.39 is 0 Å². The molecule has 0 atom stereocenters. The Balaban J connectivity index is 0.000000211. The Labute approximate surface area is 136 Å². The van der Waals surface area contributed by atoms with E-state index in [1.54, 1.807) is 0 Å². The first-order chi connectivity index (χ1) is 9.76. The number of carbonyl (C=O) groups excluding carboxylic acids is 2. The van der Waals surface area contributed by atoms with Gasteiger partial charge >= 0.3 is 0 Å². The third kappa shape index (κ3) is 4.87. The summed E-state index contributed by atoms with van der Waals surface area (Å²) in [5.41, 5.74) is 0. The number of hydrogen-bond acceptors (Lipinski definition) is 7. The number of Topliss-reactive ketones (excluding diaryl/α,β-unsaturated/α-hetero) is 2. The zero-order chi connectivity index (χ0) is 16.2. The lowest BCUT2D eigenvalue weighted by Gasteiger charge is -1.93. The molecule has 0 aromatic carbocycles. The zero-order valence-corrected chi connectivity index (χ0v) is 14.7. The summed E-state index contributed by atoms with van der Waals surface area (Å²) in [7, 11) is 1.51. The van der Waals surface area contributed by atoms with Gasteiger partial charge in [-0.3, -0.25) is 9.59 Å². The lowest BCUT2D eigenvalue weighted by Crippen LogP contribution is -1.92. The monoisotopic (exact) mass is 346 g/mol. The molecule has 5 nitrogen and oxygen atoms in total. The summed E-state index contributed by atoms with van der Waals surface area (Å²) in [6, 6.07) is 0. The van der Waals surface area contributed by atoms with Crippen LogP contribution in [0.3, 0.4) is 0 Å². The molecular formula is C13H15ClN2O3S2. The van der Waals surface area contributed by atoms with Crippen LogP contribution in [0.4, 0.5) is 0 Å². The SMILES string of the molecule is CC(=O)c1sc(C)nc1Cl.COc1nc(C)sc1C(C)=O. The van der Waals surface area contributed by atoms with Gasteiger partial charge in [0.15, 0.2) is 16.7 Å². The minimum absolute atomic E-state index is 0.00690. The van der Waals surface area contributed by atoms with Gasteiger partial charge in [-0.1, -0.05) is 11.6 Å². The molecule has 114 valence electrons. The highest BCUT2D eigenvalue weighted by atomic mass is 35.5. The van der Waals surface area contributed by atoms with Gasteiger partial charge in [-0.15, -0.1) is 22.7 Å². The van der Waals surface area contributed by atoms with Gasteiger partial charge in [-0.05, 0) is 13.8 Å². The minimum atomic E-state index is -0.0180. The van der Waals surface area contributed by atoms with Gasteiger partial charge in [-0.2, -0.15) is 0 Å². The van der Waals surface area contributed by atoms with Gasteiger partial charge in [0.2, 0.25) is 5.88 Å². The van der Waals surface area contributed by atoms with Crippen molar-refractivity contribution in [1.82, 2.24) is 9.97 Å². The lowest BCUT2D eigenvalue weighted by molar-refractivity contribution is 0.101. The van der Waals surface area contributed by atoms with Crippen LogP contribution in [0.2, 0.25) is 5.15 Å². The second-order valence-electron chi connectivity index (χ2n) is 4.04. The topological polar surface area (TPSA) is 69.2 Å². The molecule has 0 aliphatic heterocycles. The van der Waals surface area contributed by atoms with E-state index in [1.807, 2.05) is 13.8 Å². The normalized spacial score (nSPS) is 9.81. The summed E-state index contributed by atoms with van der Waals surface area (Å²) in [6.07, 6.45) is 0. The van der Waals surface area contributed by atoms with Gasteiger partial charge in [0.05, 0.1) is 17.1 Å². The number of ether oxygens (including phenoxy) is 1. The Kier molecular flexibility index (Phi) is 6.44. The molecule has 21 heavy (non-hydrogen) atoms. The van der Waals surface area contributed by atoms with Gasteiger partial charge in [-0.25, -0.2) is 9.97 Å². The first-order valence-electron chi connectivity index (χ1n) is 5.92. The van der Waals surface area contributed by atoms with Crippen molar-refractivity contribution in [2.24, 2.45) is 0 Å². The molecule has 2 rings (SSSR count). The molecule has 2 heterocycles. The molecule has 0 N–H and O–H groups in total. The van der Waals surface area contributed by atoms with Gasteiger partial charge in [0.25, 0.3) is 0 Å². The number of ketones is 2. The van der Waals surface area contributed by atoms with Crippen molar-refractivity contribution in [3.8, 4) is 5.88 Å². The van der Waals surface area contributed by atoms with E-state index in [4.69, 9.17) is 16.3 Å². The van der Waals surface area contributed by atoms with E-state index in [0.29, 0.717) is 20.8 Å². The number of hydrogen-bond donors (Lipinski definition) is 0. The first kappa shape index (κ1) is 17.7. The number of carbonyl (C=O) groups is 2. The fourth-order valence-electron chi connectivity index (χ4n) is 1.39. The Hall–Kier alpha value is -1.31. The van der Waals surface area contributed by atoms with Crippen molar-refractivity contribution >= 4 is 45.8 Å². The van der Waals surface area contributed by atoms with E-state index in [0.717, 1.165) is 10.0 Å². The van der Waals surface area contributed by atoms with Gasteiger partial charge in [0.1, 0.15) is 9.75 Å². The van der Waals surface area contributed by atoms with E-state index in [2.05, 4.69) is 9.97 Å². The number of methoxy groups -OCH3 is 1. The predicted molar refractivity (Wildman–Crippen MR) is 85.3 cm³/mol. The molecular weight excluding hydrogens is 332 g/mol. The van der Waals surface area contributed by atoms with Crippen LogP contribution in [0.15, 0.2) is 0 Å². The summed E-state index contributed by atoms with van der Waals surface area (Å²) >= 11 is 8.31. The zero-order valence-electron chi connectivity index (χ0n) is 12.3. The fraction of sp³-hybridized carbons (Fsp3) is 0.385. The van der Waals surface area contributed by atoms with Crippen LogP contribution in [0.5, 0.6) is 5.88 Å². The molecule has 2 aromatic rings. The minimum Gasteiger partial charge on any atom is -0.480 e. The maximum absolute atomic E-state index is 10.9. The largest absolute Gasteiger partial charge is 0.480 e. The van der Waals surface area contributed by atoms with Crippen LogP contribution >= 0.6 is 34.3 Å². The molecule has 0 spiro atoms. The Morgan fingerprint density at radius 2 is 1.48 bits per heavy atom. The second kappa shape index (κ2) is 7.63. The number of halogens is 1. The van der Waals surface area contributed by atoms with Crippen molar-refractivity contribution in [3.05, 3.63) is 24.9 Å². The number of aryl methyl sites for hydroxylation is 2. The van der Waals surface area contributed by atoms with Crippen LogP contribution < -0.4 is 4.74 Å². The maximum Gasteiger partial charge on any atom is 0.235 e. The summed E-state index contributed by atoms with van der Waals surface area (Å²) < 4.78 is 4.91. The average molecular weight is 347 g/mol. The standard InChI is InChI=1S/C7H9NO2S.C6H6ClNOS/c1-4(9)6-7(10-3)8-5(2)11-6;1-3(9)5-6(7)8-4(2)10-5/h1-3H3;1-2H3.